The molecule has 7 heteroatoms. The predicted molar refractivity (Wildman–Crippen MR) is 83.9 cm³/mol. The van der Waals surface area contributed by atoms with Crippen molar-refractivity contribution in [2.45, 2.75) is 0 Å². The Kier molecular flexibility index (Phi) is 4.07. The second-order valence-corrected chi connectivity index (χ2v) is 5.11. The van der Waals surface area contributed by atoms with Gasteiger partial charge in [0.15, 0.2) is 0 Å². The van der Waals surface area contributed by atoms with Gasteiger partial charge in [-0.05, 0) is 24.3 Å². The minimum Gasteiger partial charge on any atom is -0.271 e. The molecule has 0 atom stereocenters. The molecule has 1 aliphatic rings. The number of rotatable bonds is 3. The maximum atomic E-state index is 12.1. The number of fused-ring (bicyclic) bond motifs is 1. The summed E-state index contributed by atoms with van der Waals surface area (Å²) in [5.74, 6) is -2.22. The molecule has 4 amide bonds. The number of carbonyl (C=O) groups is 4. The zero-order chi connectivity index (χ0) is 17.1. The number of carbonyl (C=O) groups excluding carboxylic acids is 4. The van der Waals surface area contributed by atoms with Crippen molar-refractivity contribution in [2.24, 2.45) is 0 Å². The summed E-state index contributed by atoms with van der Waals surface area (Å²) >= 11 is 0. The Morgan fingerprint density at radius 3 is 1.92 bits per heavy atom. The van der Waals surface area contributed by atoms with Gasteiger partial charge in [0.25, 0.3) is 23.6 Å². The van der Waals surface area contributed by atoms with Crippen LogP contribution in [0.25, 0.3) is 0 Å². The fourth-order valence-corrected chi connectivity index (χ4v) is 2.35. The third-order valence-corrected chi connectivity index (χ3v) is 3.53. The number of nitrogens with zero attached hydrogens (tertiary/aromatic N) is 1. The van der Waals surface area contributed by atoms with Gasteiger partial charge in [0.05, 0.1) is 11.1 Å². The van der Waals surface area contributed by atoms with Gasteiger partial charge in [-0.15, -0.1) is 0 Å². The Hall–Kier alpha value is -3.48. The highest BCUT2D eigenvalue weighted by Gasteiger charge is 2.36. The number of benzene rings is 2. The second kappa shape index (κ2) is 6.33. The van der Waals surface area contributed by atoms with Crippen molar-refractivity contribution in [3.05, 3.63) is 71.3 Å². The quantitative estimate of drug-likeness (QED) is 0.643. The molecule has 0 saturated heterocycles. The van der Waals surface area contributed by atoms with E-state index in [-0.39, 0.29) is 11.1 Å². The van der Waals surface area contributed by atoms with Crippen molar-refractivity contribution in [3.63, 3.8) is 0 Å². The summed E-state index contributed by atoms with van der Waals surface area (Å²) in [7, 11) is 0. The van der Waals surface area contributed by atoms with E-state index in [1.54, 1.807) is 42.5 Å². The predicted octanol–water partition coefficient (Wildman–Crippen LogP) is 0.744. The Morgan fingerprint density at radius 1 is 0.792 bits per heavy atom. The lowest BCUT2D eigenvalue weighted by atomic mass is 10.1. The number of hydrazine groups is 1. The Labute approximate surface area is 137 Å². The molecule has 0 unspecified atom stereocenters. The first-order chi connectivity index (χ1) is 11.6. The molecule has 2 aromatic rings. The number of hydrogen-bond donors (Lipinski definition) is 2. The van der Waals surface area contributed by atoms with Gasteiger partial charge in [0.1, 0.15) is 6.54 Å². The van der Waals surface area contributed by atoms with Crippen LogP contribution in [0.1, 0.15) is 31.1 Å². The zero-order valence-corrected chi connectivity index (χ0v) is 12.5. The molecule has 1 aliphatic heterocycles. The molecule has 0 radical (unpaired) electrons. The summed E-state index contributed by atoms with van der Waals surface area (Å²) < 4.78 is 0. The number of amides is 4. The molecule has 2 N–H and O–H groups in total. The first kappa shape index (κ1) is 15.4. The maximum Gasteiger partial charge on any atom is 0.269 e. The minimum atomic E-state index is -0.672. The summed E-state index contributed by atoms with van der Waals surface area (Å²) in [5, 5.41) is 0. The number of imide groups is 1. The van der Waals surface area contributed by atoms with Crippen molar-refractivity contribution >= 4 is 23.6 Å². The third-order valence-electron chi connectivity index (χ3n) is 3.53. The summed E-state index contributed by atoms with van der Waals surface area (Å²) in [5.41, 5.74) is 5.33. The summed E-state index contributed by atoms with van der Waals surface area (Å²) in [4.78, 5) is 48.8. The van der Waals surface area contributed by atoms with Crippen molar-refractivity contribution in [3.8, 4) is 0 Å². The lowest BCUT2D eigenvalue weighted by Crippen LogP contribution is -2.47. The largest absolute Gasteiger partial charge is 0.271 e. The number of hydrogen-bond acceptors (Lipinski definition) is 4. The van der Waals surface area contributed by atoms with Crippen molar-refractivity contribution in [1.82, 2.24) is 15.8 Å². The van der Waals surface area contributed by atoms with E-state index in [1.165, 1.54) is 12.1 Å². The Morgan fingerprint density at radius 2 is 1.33 bits per heavy atom. The lowest BCUT2D eigenvalue weighted by Gasteiger charge is -2.14. The van der Waals surface area contributed by atoms with Gasteiger partial charge in [-0.3, -0.25) is 34.9 Å². The fourth-order valence-electron chi connectivity index (χ4n) is 2.35. The van der Waals surface area contributed by atoms with Gasteiger partial charge >= 0.3 is 0 Å². The van der Waals surface area contributed by atoms with Crippen molar-refractivity contribution in [1.29, 1.82) is 0 Å². The molecular formula is C17H13N3O4. The highest BCUT2D eigenvalue weighted by atomic mass is 16.2. The first-order valence-corrected chi connectivity index (χ1v) is 7.17. The van der Waals surface area contributed by atoms with Crippen LogP contribution >= 0.6 is 0 Å². The monoisotopic (exact) mass is 323 g/mol. The standard InChI is InChI=1S/C17H13N3O4/c21-14(18-19-15(22)11-6-2-1-3-7-11)10-20-16(23)12-8-4-5-9-13(12)17(20)24/h1-9H,10H2,(H,18,21)(H,19,22). The van der Waals surface area contributed by atoms with Crippen LogP contribution in [0.5, 0.6) is 0 Å². The van der Waals surface area contributed by atoms with Crippen LogP contribution in [0.2, 0.25) is 0 Å². The van der Waals surface area contributed by atoms with E-state index in [9.17, 15) is 19.2 Å². The van der Waals surface area contributed by atoms with Gasteiger partial charge in [0.2, 0.25) is 0 Å². The molecule has 2 aromatic carbocycles. The third kappa shape index (κ3) is 2.87. The van der Waals surface area contributed by atoms with E-state index < -0.39 is 30.2 Å². The average Bonchev–Trinajstić information content (AvgIpc) is 2.86. The SMILES string of the molecule is O=C(CN1C(=O)c2ccccc2C1=O)NNC(=O)c1ccccc1. The Balaban J connectivity index is 1.59. The summed E-state index contributed by atoms with van der Waals surface area (Å²) in [6.07, 6.45) is 0. The van der Waals surface area contributed by atoms with Crippen LogP contribution in [0.15, 0.2) is 54.6 Å². The molecule has 0 aromatic heterocycles. The average molecular weight is 323 g/mol. The van der Waals surface area contributed by atoms with Crippen LogP contribution in [0, 0.1) is 0 Å². The normalized spacial score (nSPS) is 12.8. The first-order valence-electron chi connectivity index (χ1n) is 7.17. The molecule has 0 bridgehead atoms. The van der Waals surface area contributed by atoms with Crippen LogP contribution in [-0.2, 0) is 4.79 Å². The molecule has 0 aliphatic carbocycles. The van der Waals surface area contributed by atoms with Gasteiger partial charge in [-0.1, -0.05) is 30.3 Å². The molecule has 3 rings (SSSR count). The van der Waals surface area contributed by atoms with Gasteiger partial charge in [0, 0.05) is 5.56 Å². The molecule has 7 nitrogen and oxygen atoms in total. The van der Waals surface area contributed by atoms with Crippen LogP contribution in [0.4, 0.5) is 0 Å². The maximum absolute atomic E-state index is 12.1. The minimum absolute atomic E-state index is 0.267. The van der Waals surface area contributed by atoms with Crippen LogP contribution in [-0.4, -0.2) is 35.1 Å². The van der Waals surface area contributed by atoms with Crippen LogP contribution in [0.3, 0.4) is 0 Å². The number of nitrogens with one attached hydrogen (secondary N) is 2. The topological polar surface area (TPSA) is 95.6 Å². The van der Waals surface area contributed by atoms with Crippen molar-refractivity contribution in [2.75, 3.05) is 6.54 Å². The van der Waals surface area contributed by atoms with Crippen LogP contribution < -0.4 is 10.9 Å². The summed E-state index contributed by atoms with van der Waals surface area (Å²) in [6.45, 7) is -0.471. The van der Waals surface area contributed by atoms with Gasteiger partial charge in [-0.25, -0.2) is 0 Å². The Bertz CT molecular complexity index is 798. The molecule has 0 saturated carbocycles. The molecule has 0 fully saturated rings. The molecule has 120 valence electrons. The highest BCUT2D eigenvalue weighted by Crippen LogP contribution is 2.21. The molecular weight excluding hydrogens is 310 g/mol. The van der Waals surface area contributed by atoms with E-state index in [4.69, 9.17) is 0 Å². The van der Waals surface area contributed by atoms with E-state index >= 15 is 0 Å². The zero-order valence-electron chi connectivity index (χ0n) is 12.5. The van der Waals surface area contributed by atoms with Gasteiger partial charge in [-0.2, -0.15) is 0 Å². The van der Waals surface area contributed by atoms with Gasteiger partial charge < -0.3 is 0 Å². The van der Waals surface area contributed by atoms with E-state index in [0.717, 1.165) is 4.90 Å². The van der Waals surface area contributed by atoms with Crippen molar-refractivity contribution < 1.29 is 19.2 Å². The van der Waals surface area contributed by atoms with E-state index in [2.05, 4.69) is 10.9 Å². The smallest absolute Gasteiger partial charge is 0.269 e. The fraction of sp³-hybridized carbons (Fsp3) is 0.0588. The summed E-state index contributed by atoms with van der Waals surface area (Å²) in [6, 6.07) is 14.7. The molecule has 24 heavy (non-hydrogen) atoms. The van der Waals surface area contributed by atoms with E-state index in [1.807, 2.05) is 0 Å². The second-order valence-electron chi connectivity index (χ2n) is 5.11. The molecule has 1 heterocycles. The van der Waals surface area contributed by atoms with E-state index in [0.29, 0.717) is 5.56 Å². The highest BCUT2D eigenvalue weighted by molar-refractivity contribution is 6.22. The lowest BCUT2D eigenvalue weighted by molar-refractivity contribution is -0.122. The molecule has 0 spiro atoms.